The molecule has 1 heterocycles. The lowest BCUT2D eigenvalue weighted by atomic mass is 10.4. The molecule has 1 aliphatic heterocycles. The number of carbonyl (C=O) groups excluding carboxylic acids is 1. The van der Waals surface area contributed by atoms with Crippen LogP contribution in [0.2, 0.25) is 0 Å². The molecule has 0 unspecified atom stereocenters. The van der Waals surface area contributed by atoms with Gasteiger partial charge in [-0.05, 0) is 12.2 Å². The fraction of sp³-hybridized carbons (Fsp3) is 0.0667. The number of nitrogens with zero attached hydrogens (tertiary/aromatic N) is 1. The van der Waals surface area contributed by atoms with E-state index in [0.29, 0.717) is 0 Å². The van der Waals surface area contributed by atoms with Gasteiger partial charge in [-0.25, -0.2) is 0 Å². The molecule has 98 valence electrons. The van der Waals surface area contributed by atoms with Gasteiger partial charge in [-0.1, -0.05) is 42.5 Å². The summed E-state index contributed by atoms with van der Waals surface area (Å²) in [5.41, 5.74) is 0. The molecule has 0 atom stereocenters. The minimum Gasteiger partial charge on any atom is -0.408 e. The Morgan fingerprint density at radius 3 is 2.21 bits per heavy atom. The third-order valence-corrected chi connectivity index (χ3v) is 1.83. The summed E-state index contributed by atoms with van der Waals surface area (Å²) in [5.74, 6) is -0.139. The number of rotatable bonds is 1. The zero-order valence-corrected chi connectivity index (χ0v) is 10.7. The number of nitrogens with one attached hydrogen (secondary N) is 1. The molecule has 0 fully saturated rings. The second-order valence-corrected chi connectivity index (χ2v) is 3.43. The summed E-state index contributed by atoms with van der Waals surface area (Å²) in [6, 6.07) is 0. The second-order valence-electron chi connectivity index (χ2n) is 3.43. The van der Waals surface area contributed by atoms with E-state index >= 15 is 0 Å². The Bertz CT molecular complexity index is 492. The molecule has 1 N–H and O–H groups in total. The van der Waals surface area contributed by atoms with Crippen molar-refractivity contribution in [2.75, 3.05) is 0 Å². The fourth-order valence-corrected chi connectivity index (χ4v) is 1.09. The lowest BCUT2D eigenvalue weighted by molar-refractivity contribution is -0.137. The van der Waals surface area contributed by atoms with Crippen LogP contribution in [0.1, 0.15) is 6.92 Å². The largest absolute Gasteiger partial charge is 0.408 e. The highest BCUT2D eigenvalue weighted by Gasteiger charge is 1.97. The van der Waals surface area contributed by atoms with E-state index in [4.69, 9.17) is 4.74 Å². The van der Waals surface area contributed by atoms with Crippen LogP contribution in [0.4, 0.5) is 0 Å². The Kier molecular flexibility index (Phi) is 7.16. The highest BCUT2D eigenvalue weighted by atomic mass is 16.5. The first-order valence-electron chi connectivity index (χ1n) is 5.79. The Morgan fingerprint density at radius 2 is 1.58 bits per heavy atom. The van der Waals surface area contributed by atoms with Gasteiger partial charge in [0.2, 0.25) is 5.88 Å². The van der Waals surface area contributed by atoms with Crippen molar-refractivity contribution < 1.29 is 9.53 Å². The van der Waals surface area contributed by atoms with Crippen molar-refractivity contribution in [3.8, 4) is 0 Å². The molecule has 0 aromatic carbocycles. The van der Waals surface area contributed by atoms with Gasteiger partial charge in [-0.2, -0.15) is 0 Å². The van der Waals surface area contributed by atoms with Gasteiger partial charge >= 0.3 is 5.97 Å². The van der Waals surface area contributed by atoms with Crippen LogP contribution < -0.4 is 5.32 Å². The number of esters is 1. The summed E-state index contributed by atoms with van der Waals surface area (Å²) >= 11 is 0. The minimum absolute atomic E-state index is 0.266. The zero-order chi connectivity index (χ0) is 13.8. The van der Waals surface area contributed by atoms with E-state index in [1.54, 1.807) is 24.6 Å². The molecule has 0 aliphatic carbocycles. The van der Waals surface area contributed by atoms with Gasteiger partial charge < -0.3 is 10.1 Å². The van der Waals surface area contributed by atoms with Crippen molar-refractivity contribution in [2.24, 2.45) is 4.99 Å². The molecule has 0 radical (unpaired) electrons. The van der Waals surface area contributed by atoms with Gasteiger partial charge in [0.1, 0.15) is 0 Å². The summed E-state index contributed by atoms with van der Waals surface area (Å²) < 4.78 is 4.95. The Hall–Kier alpha value is -2.62. The van der Waals surface area contributed by atoms with Crippen LogP contribution in [-0.2, 0) is 9.53 Å². The molecule has 0 amide bonds. The van der Waals surface area contributed by atoms with E-state index in [9.17, 15) is 4.79 Å². The number of hydrogen-bond acceptors (Lipinski definition) is 4. The van der Waals surface area contributed by atoms with Crippen LogP contribution in [0.3, 0.4) is 0 Å². The first kappa shape index (κ1) is 14.4. The number of ether oxygens (including phenoxy) is 1. The van der Waals surface area contributed by atoms with E-state index in [1.807, 2.05) is 42.5 Å². The van der Waals surface area contributed by atoms with Gasteiger partial charge in [-0.15, -0.1) is 0 Å². The van der Waals surface area contributed by atoms with Crippen LogP contribution in [0, 0.1) is 0 Å². The van der Waals surface area contributed by atoms with E-state index < -0.39 is 5.97 Å². The number of allylic oxidation sites excluding steroid dienone is 9. The van der Waals surface area contributed by atoms with Gasteiger partial charge in [-0.3, -0.25) is 9.79 Å². The van der Waals surface area contributed by atoms with Crippen molar-refractivity contribution in [1.82, 2.24) is 5.32 Å². The maximum atomic E-state index is 10.9. The molecule has 0 spiro atoms. The van der Waals surface area contributed by atoms with E-state index in [1.165, 1.54) is 13.1 Å². The molecule has 0 saturated carbocycles. The number of hydrogen-bond donors (Lipinski definition) is 1. The number of aliphatic imine (C=N–C) groups is 1. The SMILES string of the molecule is CC(=O)OC1=CN=CC=CC=CC=CC=CC=CN1. The highest BCUT2D eigenvalue weighted by Crippen LogP contribution is 1.95. The first-order valence-corrected chi connectivity index (χ1v) is 5.79. The van der Waals surface area contributed by atoms with Gasteiger partial charge in [0.15, 0.2) is 0 Å². The molecular weight excluding hydrogens is 240 g/mol. The monoisotopic (exact) mass is 256 g/mol. The van der Waals surface area contributed by atoms with Crippen molar-refractivity contribution in [3.63, 3.8) is 0 Å². The summed E-state index contributed by atoms with van der Waals surface area (Å²) in [4.78, 5) is 14.9. The van der Waals surface area contributed by atoms with Crippen molar-refractivity contribution >= 4 is 12.2 Å². The van der Waals surface area contributed by atoms with E-state index in [-0.39, 0.29) is 5.88 Å². The molecule has 4 nitrogen and oxygen atoms in total. The summed E-state index contributed by atoms with van der Waals surface area (Å²) in [5, 5.41) is 2.83. The van der Waals surface area contributed by atoms with Crippen LogP contribution in [0.25, 0.3) is 0 Å². The lowest BCUT2D eigenvalue weighted by Crippen LogP contribution is -2.11. The van der Waals surface area contributed by atoms with Gasteiger partial charge in [0.05, 0.1) is 6.20 Å². The van der Waals surface area contributed by atoms with Gasteiger partial charge in [0, 0.05) is 19.3 Å². The summed E-state index contributed by atoms with van der Waals surface area (Å²) in [6.45, 7) is 1.33. The topological polar surface area (TPSA) is 50.7 Å². The van der Waals surface area contributed by atoms with Crippen LogP contribution in [-0.4, -0.2) is 12.2 Å². The molecule has 0 saturated heterocycles. The Balaban J connectivity index is 2.82. The van der Waals surface area contributed by atoms with Crippen molar-refractivity contribution in [1.29, 1.82) is 0 Å². The molecule has 0 aromatic rings. The van der Waals surface area contributed by atoms with Crippen molar-refractivity contribution in [2.45, 2.75) is 6.92 Å². The average molecular weight is 256 g/mol. The molecule has 1 aliphatic rings. The average Bonchev–Trinajstić information content (AvgIpc) is 2.38. The van der Waals surface area contributed by atoms with E-state index in [2.05, 4.69) is 10.3 Å². The molecule has 4 heteroatoms. The van der Waals surface area contributed by atoms with Gasteiger partial charge in [0.25, 0.3) is 0 Å². The van der Waals surface area contributed by atoms with Crippen LogP contribution >= 0.6 is 0 Å². The Morgan fingerprint density at radius 1 is 1.00 bits per heavy atom. The minimum atomic E-state index is -0.405. The summed E-state index contributed by atoms with van der Waals surface area (Å²) in [6.07, 6.45) is 21.5. The first-order chi connectivity index (χ1) is 9.29. The molecule has 0 aromatic heterocycles. The normalized spacial score (nSPS) is 15.3. The Labute approximate surface area is 112 Å². The zero-order valence-electron chi connectivity index (χ0n) is 10.7. The molecule has 0 bridgehead atoms. The predicted molar refractivity (Wildman–Crippen MR) is 77.2 cm³/mol. The van der Waals surface area contributed by atoms with Crippen molar-refractivity contribution in [3.05, 3.63) is 73.0 Å². The standard InChI is InChI=1S/C15H16N2O2/c1-14(18)19-15-13-16-11-9-7-5-3-2-4-6-8-10-12-17-15/h2-13,17H,1H3. The predicted octanol–water partition coefficient (Wildman–Crippen LogP) is 2.76. The third kappa shape index (κ3) is 8.15. The highest BCUT2D eigenvalue weighted by molar-refractivity contribution is 5.72. The smallest absolute Gasteiger partial charge is 0.309 e. The number of carbonyl (C=O) groups is 1. The summed E-state index contributed by atoms with van der Waals surface area (Å²) in [7, 11) is 0. The molecule has 19 heavy (non-hydrogen) atoms. The maximum absolute atomic E-state index is 10.9. The van der Waals surface area contributed by atoms with E-state index in [0.717, 1.165) is 0 Å². The molecular formula is C15H16N2O2. The fourth-order valence-electron chi connectivity index (χ4n) is 1.09. The maximum Gasteiger partial charge on any atom is 0.309 e. The third-order valence-electron chi connectivity index (χ3n) is 1.83. The lowest BCUT2D eigenvalue weighted by Gasteiger charge is -2.04. The van der Waals surface area contributed by atoms with Crippen LogP contribution in [0.5, 0.6) is 0 Å². The van der Waals surface area contributed by atoms with Crippen LogP contribution in [0.15, 0.2) is 78.0 Å². The second kappa shape index (κ2) is 9.41. The molecule has 1 rings (SSSR count). The quantitative estimate of drug-likeness (QED) is 0.734.